The molecule has 1 atom stereocenters. The summed E-state index contributed by atoms with van der Waals surface area (Å²) in [5.74, 6) is -1.30. The molecular weight excluding hydrogens is 364 g/mol. The summed E-state index contributed by atoms with van der Waals surface area (Å²) in [4.78, 5) is 19.5. The second-order valence-corrected chi connectivity index (χ2v) is 8.35. The van der Waals surface area contributed by atoms with Crippen LogP contribution >= 0.6 is 0 Å². The minimum atomic E-state index is -0.804. The molecule has 3 aliphatic heterocycles. The van der Waals surface area contributed by atoms with Crippen molar-refractivity contribution in [2.45, 2.75) is 31.7 Å². The number of amides is 1. The summed E-state index contributed by atoms with van der Waals surface area (Å²) in [6, 6.07) is 4.59. The smallest absolute Gasteiger partial charge is 0.230 e. The molecule has 3 heterocycles. The van der Waals surface area contributed by atoms with Crippen LogP contribution in [0.5, 0.6) is 0 Å². The third-order valence-electron chi connectivity index (χ3n) is 6.80. The first kappa shape index (κ1) is 19.6. The largest absolute Gasteiger partial charge is 0.383 e. The lowest BCUT2D eigenvalue weighted by molar-refractivity contribution is -0.136. The molecule has 0 bridgehead atoms. The van der Waals surface area contributed by atoms with Gasteiger partial charge in [-0.2, -0.15) is 0 Å². The van der Waals surface area contributed by atoms with Gasteiger partial charge in [-0.25, -0.2) is 8.78 Å². The molecule has 0 N–H and O–H groups in total. The number of likely N-dealkylation sites (tertiary alicyclic amines) is 2. The predicted molar refractivity (Wildman–Crippen MR) is 103 cm³/mol. The van der Waals surface area contributed by atoms with Crippen LogP contribution in [0.25, 0.3) is 0 Å². The Labute approximate surface area is 165 Å². The van der Waals surface area contributed by atoms with E-state index in [0.717, 1.165) is 64.1 Å². The normalized spacial score (nSPS) is 26.8. The molecule has 0 saturated carbocycles. The zero-order valence-corrected chi connectivity index (χ0v) is 16.5. The number of carbonyl (C=O) groups excluding carboxylic acids is 1. The molecule has 3 saturated heterocycles. The van der Waals surface area contributed by atoms with Crippen molar-refractivity contribution in [3.8, 4) is 0 Å². The highest BCUT2D eigenvalue weighted by Gasteiger charge is 2.51. The van der Waals surface area contributed by atoms with Gasteiger partial charge in [0.15, 0.2) is 11.6 Å². The maximum Gasteiger partial charge on any atom is 0.230 e. The van der Waals surface area contributed by atoms with Gasteiger partial charge in [-0.3, -0.25) is 9.69 Å². The van der Waals surface area contributed by atoms with Gasteiger partial charge < -0.3 is 14.5 Å². The minimum Gasteiger partial charge on any atom is -0.383 e. The van der Waals surface area contributed by atoms with E-state index in [1.807, 2.05) is 4.90 Å². The Kier molecular flexibility index (Phi) is 5.56. The van der Waals surface area contributed by atoms with Crippen LogP contribution in [0.2, 0.25) is 0 Å². The number of ether oxygens (including phenoxy) is 1. The number of benzene rings is 1. The molecule has 1 aromatic carbocycles. The third kappa shape index (κ3) is 3.62. The molecule has 28 heavy (non-hydrogen) atoms. The fourth-order valence-electron chi connectivity index (χ4n) is 5.07. The van der Waals surface area contributed by atoms with Crippen molar-refractivity contribution in [2.75, 3.05) is 57.9 Å². The number of nitrogens with zero attached hydrogens (tertiary/aromatic N) is 3. The topological polar surface area (TPSA) is 36.0 Å². The fourth-order valence-corrected chi connectivity index (χ4v) is 5.07. The Bertz CT molecular complexity index is 724. The van der Waals surface area contributed by atoms with Gasteiger partial charge in [0.05, 0.1) is 12.0 Å². The van der Waals surface area contributed by atoms with Gasteiger partial charge >= 0.3 is 0 Å². The van der Waals surface area contributed by atoms with E-state index in [0.29, 0.717) is 25.1 Å². The molecule has 0 radical (unpaired) electrons. The summed E-state index contributed by atoms with van der Waals surface area (Å²) in [5.41, 5.74) is 0.542. The molecule has 1 aromatic rings. The molecule has 7 heteroatoms. The van der Waals surface area contributed by atoms with Crippen LogP contribution in [-0.4, -0.2) is 74.7 Å². The molecule has 1 spiro atoms. The number of hydrogen-bond acceptors (Lipinski definition) is 4. The van der Waals surface area contributed by atoms with Gasteiger partial charge in [-0.15, -0.1) is 0 Å². The van der Waals surface area contributed by atoms with Crippen LogP contribution in [0.3, 0.4) is 0 Å². The zero-order chi connectivity index (χ0) is 19.7. The Morgan fingerprint density at radius 2 is 1.86 bits per heavy atom. The lowest BCUT2D eigenvalue weighted by Crippen LogP contribution is -2.45. The molecule has 3 fully saturated rings. The van der Waals surface area contributed by atoms with E-state index in [4.69, 9.17) is 4.74 Å². The molecule has 3 aliphatic rings. The van der Waals surface area contributed by atoms with Crippen molar-refractivity contribution in [1.82, 2.24) is 9.80 Å². The first-order chi connectivity index (χ1) is 13.5. The van der Waals surface area contributed by atoms with Crippen molar-refractivity contribution in [3.63, 3.8) is 0 Å². The van der Waals surface area contributed by atoms with E-state index < -0.39 is 11.6 Å². The van der Waals surface area contributed by atoms with Crippen LogP contribution in [-0.2, 0) is 9.53 Å². The number of piperidine rings is 1. The third-order valence-corrected chi connectivity index (χ3v) is 6.80. The van der Waals surface area contributed by atoms with E-state index >= 15 is 0 Å². The Hall–Kier alpha value is -1.73. The SMILES string of the molecule is COCCN1CCC2(CCN(C3CCN(c4ccc(F)c(F)c4)CC3)C2)C1=O. The fraction of sp³-hybridized carbons (Fsp3) is 0.667. The van der Waals surface area contributed by atoms with Crippen molar-refractivity contribution in [3.05, 3.63) is 29.8 Å². The minimum absolute atomic E-state index is 0.203. The van der Waals surface area contributed by atoms with Crippen molar-refractivity contribution >= 4 is 11.6 Å². The first-order valence-electron chi connectivity index (χ1n) is 10.2. The van der Waals surface area contributed by atoms with Gasteiger partial charge in [0, 0.05) is 57.6 Å². The first-order valence-corrected chi connectivity index (χ1v) is 10.2. The maximum atomic E-state index is 13.5. The lowest BCUT2D eigenvalue weighted by Gasteiger charge is -2.38. The number of halogens is 2. The quantitative estimate of drug-likeness (QED) is 0.770. The molecule has 5 nitrogen and oxygen atoms in total. The van der Waals surface area contributed by atoms with Crippen molar-refractivity contribution in [2.24, 2.45) is 5.41 Å². The van der Waals surface area contributed by atoms with E-state index in [9.17, 15) is 13.6 Å². The molecule has 0 aliphatic carbocycles. The second-order valence-electron chi connectivity index (χ2n) is 8.35. The molecule has 1 unspecified atom stereocenters. The average Bonchev–Trinajstić information content (AvgIpc) is 3.28. The average molecular weight is 393 g/mol. The Morgan fingerprint density at radius 1 is 1.11 bits per heavy atom. The highest BCUT2D eigenvalue weighted by Crippen LogP contribution is 2.42. The number of rotatable bonds is 5. The highest BCUT2D eigenvalue weighted by molar-refractivity contribution is 5.85. The summed E-state index contributed by atoms with van der Waals surface area (Å²) in [7, 11) is 1.67. The number of anilines is 1. The maximum absolute atomic E-state index is 13.5. The van der Waals surface area contributed by atoms with Crippen LogP contribution in [0.15, 0.2) is 18.2 Å². The van der Waals surface area contributed by atoms with Gasteiger partial charge in [-0.1, -0.05) is 0 Å². The van der Waals surface area contributed by atoms with Crippen LogP contribution in [0.4, 0.5) is 14.5 Å². The molecule has 154 valence electrons. The van der Waals surface area contributed by atoms with Gasteiger partial charge in [-0.05, 0) is 44.4 Å². The highest BCUT2D eigenvalue weighted by atomic mass is 19.2. The number of methoxy groups -OCH3 is 1. The van der Waals surface area contributed by atoms with Gasteiger partial charge in [0.25, 0.3) is 0 Å². The number of carbonyl (C=O) groups is 1. The lowest BCUT2D eigenvalue weighted by atomic mass is 9.85. The molecule has 1 amide bonds. The van der Waals surface area contributed by atoms with E-state index in [1.165, 1.54) is 12.1 Å². The van der Waals surface area contributed by atoms with Crippen LogP contribution < -0.4 is 4.90 Å². The standard InChI is InChI=1S/C21H29F2N3O2/c1-28-13-12-25-10-6-21(20(25)27)7-11-26(15-21)16-4-8-24(9-5-16)17-2-3-18(22)19(23)14-17/h2-3,14,16H,4-13,15H2,1H3. The predicted octanol–water partition coefficient (Wildman–Crippen LogP) is 2.50. The monoisotopic (exact) mass is 393 g/mol. The van der Waals surface area contributed by atoms with Gasteiger partial charge in [0.1, 0.15) is 0 Å². The Balaban J connectivity index is 1.32. The summed E-state index contributed by atoms with van der Waals surface area (Å²) in [6.45, 7) is 5.59. The van der Waals surface area contributed by atoms with Crippen LogP contribution in [0.1, 0.15) is 25.7 Å². The summed E-state index contributed by atoms with van der Waals surface area (Å²) < 4.78 is 31.8. The summed E-state index contributed by atoms with van der Waals surface area (Å²) >= 11 is 0. The van der Waals surface area contributed by atoms with E-state index in [1.54, 1.807) is 13.2 Å². The van der Waals surface area contributed by atoms with Crippen molar-refractivity contribution in [1.29, 1.82) is 0 Å². The Morgan fingerprint density at radius 3 is 2.57 bits per heavy atom. The van der Waals surface area contributed by atoms with E-state index in [-0.39, 0.29) is 5.41 Å². The molecule has 4 rings (SSSR count). The van der Waals surface area contributed by atoms with Gasteiger partial charge in [0.2, 0.25) is 5.91 Å². The molecular formula is C21H29F2N3O2. The van der Waals surface area contributed by atoms with Crippen LogP contribution in [0, 0.1) is 17.0 Å². The van der Waals surface area contributed by atoms with E-state index in [2.05, 4.69) is 9.80 Å². The molecule has 0 aromatic heterocycles. The summed E-state index contributed by atoms with van der Waals surface area (Å²) in [6.07, 6.45) is 3.85. The summed E-state index contributed by atoms with van der Waals surface area (Å²) in [5, 5.41) is 0. The number of hydrogen-bond donors (Lipinski definition) is 0. The second kappa shape index (κ2) is 7.95. The zero-order valence-electron chi connectivity index (χ0n) is 16.5. The van der Waals surface area contributed by atoms with Crippen molar-refractivity contribution < 1.29 is 18.3 Å².